The number of carbonyl (C=O) groups excluding carboxylic acids is 1. The second-order valence-corrected chi connectivity index (χ2v) is 4.54. The van der Waals surface area contributed by atoms with Crippen molar-refractivity contribution >= 4 is 23.5 Å². The molecule has 0 atom stereocenters. The number of anilines is 1. The molecule has 2 aromatic carbocycles. The number of aliphatic imine (C=N–C) groups is 1. The monoisotopic (exact) mass is 299 g/mol. The molecule has 3 N–H and O–H groups in total. The minimum Gasteiger partial charge on any atom is -0.469 e. The standard InChI is InChI=1S/C16H17N3O3/c1-11-5-3-6-12(9-11)19-16(20)22-14-8-4-7-13(10-14)18-15(17)21-2/h3-10H,1-2H3,(H2,17,18)(H,19,20). The molecular weight excluding hydrogens is 282 g/mol. The van der Waals surface area contributed by atoms with Crippen LogP contribution in [0.25, 0.3) is 0 Å². The highest BCUT2D eigenvalue weighted by molar-refractivity contribution is 5.86. The molecule has 6 heteroatoms. The highest BCUT2D eigenvalue weighted by atomic mass is 16.6. The van der Waals surface area contributed by atoms with Crippen LogP contribution in [-0.2, 0) is 4.74 Å². The maximum atomic E-state index is 11.9. The maximum Gasteiger partial charge on any atom is 0.417 e. The highest BCUT2D eigenvalue weighted by Crippen LogP contribution is 2.20. The van der Waals surface area contributed by atoms with E-state index in [0.717, 1.165) is 5.56 Å². The van der Waals surface area contributed by atoms with Crippen molar-refractivity contribution in [3.05, 3.63) is 54.1 Å². The van der Waals surface area contributed by atoms with E-state index in [0.29, 0.717) is 17.1 Å². The summed E-state index contributed by atoms with van der Waals surface area (Å²) in [4.78, 5) is 15.9. The zero-order valence-corrected chi connectivity index (χ0v) is 12.4. The third-order valence-electron chi connectivity index (χ3n) is 2.74. The van der Waals surface area contributed by atoms with Gasteiger partial charge in [-0.1, -0.05) is 18.2 Å². The van der Waals surface area contributed by atoms with Gasteiger partial charge in [0.25, 0.3) is 6.02 Å². The smallest absolute Gasteiger partial charge is 0.417 e. The van der Waals surface area contributed by atoms with Crippen LogP contribution in [0.15, 0.2) is 53.5 Å². The van der Waals surface area contributed by atoms with Crippen LogP contribution >= 0.6 is 0 Å². The molecule has 0 aliphatic heterocycles. The average molecular weight is 299 g/mol. The van der Waals surface area contributed by atoms with Crippen LogP contribution in [-0.4, -0.2) is 19.2 Å². The lowest BCUT2D eigenvalue weighted by Gasteiger charge is -2.07. The van der Waals surface area contributed by atoms with E-state index in [1.165, 1.54) is 7.11 Å². The van der Waals surface area contributed by atoms with E-state index in [1.807, 2.05) is 25.1 Å². The SMILES string of the molecule is COC(N)=Nc1cccc(OC(=O)Nc2cccc(C)c2)c1. The van der Waals surface area contributed by atoms with E-state index in [-0.39, 0.29) is 6.02 Å². The van der Waals surface area contributed by atoms with Crippen LogP contribution in [0.2, 0.25) is 0 Å². The number of ether oxygens (including phenoxy) is 2. The third-order valence-corrected chi connectivity index (χ3v) is 2.74. The number of rotatable bonds is 3. The number of nitrogens with two attached hydrogens (primary N) is 1. The van der Waals surface area contributed by atoms with Gasteiger partial charge in [0.15, 0.2) is 0 Å². The Hall–Kier alpha value is -3.02. The van der Waals surface area contributed by atoms with Crippen LogP contribution in [0.1, 0.15) is 5.56 Å². The number of nitrogens with one attached hydrogen (secondary N) is 1. The number of hydrogen-bond donors (Lipinski definition) is 2. The molecule has 0 heterocycles. The summed E-state index contributed by atoms with van der Waals surface area (Å²) >= 11 is 0. The molecule has 2 aromatic rings. The molecule has 0 aliphatic rings. The molecule has 0 aromatic heterocycles. The highest BCUT2D eigenvalue weighted by Gasteiger charge is 2.06. The Morgan fingerprint density at radius 2 is 1.95 bits per heavy atom. The second-order valence-electron chi connectivity index (χ2n) is 4.54. The summed E-state index contributed by atoms with van der Waals surface area (Å²) in [7, 11) is 1.43. The van der Waals surface area contributed by atoms with Gasteiger partial charge in [-0.05, 0) is 36.8 Å². The van der Waals surface area contributed by atoms with Gasteiger partial charge in [-0.3, -0.25) is 5.32 Å². The Morgan fingerprint density at radius 3 is 2.68 bits per heavy atom. The summed E-state index contributed by atoms with van der Waals surface area (Å²) in [5.74, 6) is 0.357. The number of benzene rings is 2. The van der Waals surface area contributed by atoms with E-state index >= 15 is 0 Å². The summed E-state index contributed by atoms with van der Waals surface area (Å²) < 4.78 is 9.99. The lowest BCUT2D eigenvalue weighted by molar-refractivity contribution is 0.215. The summed E-state index contributed by atoms with van der Waals surface area (Å²) in [6.45, 7) is 1.94. The molecule has 0 saturated heterocycles. The number of methoxy groups -OCH3 is 1. The lowest BCUT2D eigenvalue weighted by Crippen LogP contribution is -2.16. The van der Waals surface area contributed by atoms with Gasteiger partial charge in [0.05, 0.1) is 12.8 Å². The number of amides is 1. The number of amidine groups is 1. The van der Waals surface area contributed by atoms with Gasteiger partial charge in [-0.25, -0.2) is 4.79 Å². The predicted octanol–water partition coefficient (Wildman–Crippen LogP) is 3.20. The average Bonchev–Trinajstić information content (AvgIpc) is 2.47. The number of carbonyl (C=O) groups is 1. The van der Waals surface area contributed by atoms with Crippen molar-refractivity contribution in [3.8, 4) is 5.75 Å². The number of aryl methyl sites for hydroxylation is 1. The van der Waals surface area contributed by atoms with Crippen LogP contribution in [0.3, 0.4) is 0 Å². The molecule has 114 valence electrons. The molecule has 0 saturated carbocycles. The number of hydrogen-bond acceptors (Lipinski definition) is 4. The van der Waals surface area contributed by atoms with Gasteiger partial charge in [0.2, 0.25) is 0 Å². The molecule has 0 fully saturated rings. The Morgan fingerprint density at radius 1 is 1.18 bits per heavy atom. The molecule has 1 amide bonds. The topological polar surface area (TPSA) is 85.9 Å². The van der Waals surface area contributed by atoms with Gasteiger partial charge in [0.1, 0.15) is 5.75 Å². The fourth-order valence-corrected chi connectivity index (χ4v) is 1.76. The van der Waals surface area contributed by atoms with E-state index in [4.69, 9.17) is 15.2 Å². The maximum absolute atomic E-state index is 11.9. The Balaban J connectivity index is 2.04. The van der Waals surface area contributed by atoms with Crippen molar-refractivity contribution in [2.24, 2.45) is 10.7 Å². The molecule has 22 heavy (non-hydrogen) atoms. The van der Waals surface area contributed by atoms with Gasteiger partial charge in [0, 0.05) is 11.8 Å². The quantitative estimate of drug-likeness (QED) is 0.673. The molecular formula is C16H17N3O3. The molecule has 0 aliphatic carbocycles. The van der Waals surface area contributed by atoms with E-state index in [2.05, 4.69) is 10.3 Å². The summed E-state index contributed by atoms with van der Waals surface area (Å²) in [5.41, 5.74) is 7.72. The van der Waals surface area contributed by atoms with Crippen LogP contribution in [0, 0.1) is 6.92 Å². The molecule has 2 rings (SSSR count). The van der Waals surface area contributed by atoms with Crippen molar-refractivity contribution in [1.29, 1.82) is 0 Å². The molecule has 6 nitrogen and oxygen atoms in total. The first-order chi connectivity index (χ1) is 10.6. The summed E-state index contributed by atoms with van der Waals surface area (Å²) in [5, 5.41) is 2.66. The fourth-order valence-electron chi connectivity index (χ4n) is 1.76. The first-order valence-corrected chi connectivity index (χ1v) is 6.60. The lowest BCUT2D eigenvalue weighted by atomic mass is 10.2. The molecule has 0 radical (unpaired) electrons. The minimum absolute atomic E-state index is 0.0290. The molecule has 0 unspecified atom stereocenters. The largest absolute Gasteiger partial charge is 0.469 e. The Labute approximate surface area is 128 Å². The van der Waals surface area contributed by atoms with Crippen molar-refractivity contribution in [2.45, 2.75) is 6.92 Å². The zero-order chi connectivity index (χ0) is 15.9. The normalized spacial score (nSPS) is 10.9. The first-order valence-electron chi connectivity index (χ1n) is 6.60. The fraction of sp³-hybridized carbons (Fsp3) is 0.125. The van der Waals surface area contributed by atoms with Crippen molar-refractivity contribution < 1.29 is 14.3 Å². The molecule has 0 bridgehead atoms. The van der Waals surface area contributed by atoms with Gasteiger partial charge < -0.3 is 15.2 Å². The van der Waals surface area contributed by atoms with Crippen molar-refractivity contribution in [1.82, 2.24) is 0 Å². The molecule has 0 spiro atoms. The summed E-state index contributed by atoms with van der Waals surface area (Å²) in [6.07, 6.45) is -0.577. The van der Waals surface area contributed by atoms with Crippen LogP contribution in [0.4, 0.5) is 16.2 Å². The van der Waals surface area contributed by atoms with Gasteiger partial charge in [-0.15, -0.1) is 0 Å². The second kappa shape index (κ2) is 7.12. The first kappa shape index (κ1) is 15.4. The van der Waals surface area contributed by atoms with E-state index in [1.54, 1.807) is 30.3 Å². The van der Waals surface area contributed by atoms with Gasteiger partial charge in [-0.2, -0.15) is 4.99 Å². The van der Waals surface area contributed by atoms with E-state index < -0.39 is 6.09 Å². The minimum atomic E-state index is -0.577. The Kier molecular flexibility index (Phi) is 4.98. The summed E-state index contributed by atoms with van der Waals surface area (Å²) in [6, 6.07) is 14.1. The third kappa shape index (κ3) is 4.52. The Bertz CT molecular complexity index is 699. The van der Waals surface area contributed by atoms with Crippen molar-refractivity contribution in [2.75, 3.05) is 12.4 Å². The number of nitrogens with zero attached hydrogens (tertiary/aromatic N) is 1. The van der Waals surface area contributed by atoms with Crippen molar-refractivity contribution in [3.63, 3.8) is 0 Å². The van der Waals surface area contributed by atoms with Crippen LogP contribution in [0.5, 0.6) is 5.75 Å². The zero-order valence-electron chi connectivity index (χ0n) is 12.4. The van der Waals surface area contributed by atoms with Crippen LogP contribution < -0.4 is 15.8 Å². The van der Waals surface area contributed by atoms with Gasteiger partial charge >= 0.3 is 6.09 Å². The van der Waals surface area contributed by atoms with E-state index in [9.17, 15) is 4.79 Å². The predicted molar refractivity (Wildman–Crippen MR) is 85.6 cm³/mol.